The van der Waals surface area contributed by atoms with Crippen molar-refractivity contribution in [1.82, 2.24) is 9.80 Å². The molecule has 0 spiro atoms. The van der Waals surface area contributed by atoms with E-state index in [0.29, 0.717) is 0 Å². The Kier molecular flexibility index (Phi) is 4.55. The molecule has 0 aromatic carbocycles. The summed E-state index contributed by atoms with van der Waals surface area (Å²) in [6.07, 6.45) is 0. The van der Waals surface area contributed by atoms with Crippen LogP contribution in [-0.2, 0) is 6.54 Å². The van der Waals surface area contributed by atoms with Crippen molar-refractivity contribution in [2.45, 2.75) is 6.54 Å². The molecular weight excluding hydrogens is 356 g/mol. The van der Waals surface area contributed by atoms with Gasteiger partial charge >= 0.3 is 0 Å². The number of rotatable bonds is 3. The lowest BCUT2D eigenvalue weighted by atomic mass is 10.2. The summed E-state index contributed by atoms with van der Waals surface area (Å²) in [6, 6.07) is 6.00. The van der Waals surface area contributed by atoms with Crippen molar-refractivity contribution in [3.63, 3.8) is 0 Å². The molecule has 3 nitrogen and oxygen atoms in total. The molecule has 0 saturated carbocycles. The predicted octanol–water partition coefficient (Wildman–Crippen LogP) is 3.53. The standard InChI is InChI=1S/C14H15BrN2OS2/c15-13-2-1-12(20-13)14(18)17-6-4-16(5-7-17)9-11-3-8-19-10-11/h1-3,8,10H,4-7,9H2. The Bertz CT molecular complexity index is 574. The maximum Gasteiger partial charge on any atom is 0.264 e. The fourth-order valence-corrected chi connectivity index (χ4v) is 4.35. The highest BCUT2D eigenvalue weighted by Gasteiger charge is 2.23. The summed E-state index contributed by atoms with van der Waals surface area (Å²) < 4.78 is 1.01. The minimum absolute atomic E-state index is 0.163. The Balaban J connectivity index is 1.54. The van der Waals surface area contributed by atoms with Crippen molar-refractivity contribution >= 4 is 44.5 Å². The molecule has 3 rings (SSSR count). The first-order chi connectivity index (χ1) is 9.72. The molecule has 0 atom stereocenters. The third kappa shape index (κ3) is 3.31. The van der Waals surface area contributed by atoms with Gasteiger partial charge in [-0.1, -0.05) is 0 Å². The van der Waals surface area contributed by atoms with Gasteiger partial charge in [-0.3, -0.25) is 9.69 Å². The topological polar surface area (TPSA) is 23.6 Å². The van der Waals surface area contributed by atoms with Gasteiger partial charge in [-0.05, 0) is 50.5 Å². The first-order valence-corrected chi connectivity index (χ1v) is 9.05. The number of carbonyl (C=O) groups excluding carboxylic acids is 1. The molecule has 20 heavy (non-hydrogen) atoms. The predicted molar refractivity (Wildman–Crippen MR) is 87.5 cm³/mol. The highest BCUT2D eigenvalue weighted by Crippen LogP contribution is 2.24. The average molecular weight is 371 g/mol. The number of carbonyl (C=O) groups is 1. The van der Waals surface area contributed by atoms with Crippen LogP contribution in [0.5, 0.6) is 0 Å². The number of hydrogen-bond acceptors (Lipinski definition) is 4. The molecule has 0 N–H and O–H groups in total. The quantitative estimate of drug-likeness (QED) is 0.824. The smallest absolute Gasteiger partial charge is 0.264 e. The van der Waals surface area contributed by atoms with Crippen LogP contribution in [0.4, 0.5) is 0 Å². The molecule has 1 saturated heterocycles. The summed E-state index contributed by atoms with van der Waals surface area (Å²) in [5, 5.41) is 4.31. The van der Waals surface area contributed by atoms with Crippen LogP contribution in [0.2, 0.25) is 0 Å². The zero-order valence-corrected chi connectivity index (χ0v) is 14.1. The molecule has 0 bridgehead atoms. The Morgan fingerprint density at radius 1 is 1.20 bits per heavy atom. The summed E-state index contributed by atoms with van der Waals surface area (Å²) in [5.74, 6) is 0.163. The van der Waals surface area contributed by atoms with E-state index in [1.807, 2.05) is 17.0 Å². The van der Waals surface area contributed by atoms with Gasteiger partial charge in [0.2, 0.25) is 0 Å². The molecule has 1 aliphatic heterocycles. The number of thiophene rings is 2. The molecule has 2 aromatic heterocycles. The maximum atomic E-state index is 12.3. The van der Waals surface area contributed by atoms with E-state index >= 15 is 0 Å². The highest BCUT2D eigenvalue weighted by molar-refractivity contribution is 9.11. The lowest BCUT2D eigenvalue weighted by Gasteiger charge is -2.34. The third-order valence-electron chi connectivity index (χ3n) is 3.43. The molecule has 2 aromatic rings. The zero-order valence-electron chi connectivity index (χ0n) is 10.9. The van der Waals surface area contributed by atoms with E-state index in [1.54, 1.807) is 11.3 Å². The van der Waals surface area contributed by atoms with E-state index in [0.717, 1.165) is 41.4 Å². The molecule has 3 heterocycles. The summed E-state index contributed by atoms with van der Waals surface area (Å²) in [5.41, 5.74) is 1.37. The summed E-state index contributed by atoms with van der Waals surface area (Å²) in [4.78, 5) is 17.5. The Morgan fingerprint density at radius 2 is 2.00 bits per heavy atom. The zero-order chi connectivity index (χ0) is 13.9. The minimum Gasteiger partial charge on any atom is -0.335 e. The van der Waals surface area contributed by atoms with E-state index in [2.05, 4.69) is 37.7 Å². The van der Waals surface area contributed by atoms with Gasteiger partial charge in [0.15, 0.2) is 0 Å². The number of hydrogen-bond donors (Lipinski definition) is 0. The molecule has 0 unspecified atom stereocenters. The van der Waals surface area contributed by atoms with E-state index in [4.69, 9.17) is 0 Å². The van der Waals surface area contributed by atoms with E-state index in [-0.39, 0.29) is 5.91 Å². The first-order valence-electron chi connectivity index (χ1n) is 6.50. The Morgan fingerprint density at radius 3 is 2.60 bits per heavy atom. The van der Waals surface area contributed by atoms with Gasteiger partial charge in [0.05, 0.1) is 8.66 Å². The van der Waals surface area contributed by atoms with E-state index in [1.165, 1.54) is 16.9 Å². The van der Waals surface area contributed by atoms with E-state index in [9.17, 15) is 4.79 Å². The van der Waals surface area contributed by atoms with Crippen molar-refractivity contribution in [3.05, 3.63) is 43.2 Å². The Hall–Kier alpha value is -0.690. The van der Waals surface area contributed by atoms with Gasteiger partial charge < -0.3 is 4.90 Å². The second-order valence-electron chi connectivity index (χ2n) is 4.80. The number of nitrogens with zero attached hydrogens (tertiary/aromatic N) is 2. The van der Waals surface area contributed by atoms with Crippen LogP contribution in [-0.4, -0.2) is 41.9 Å². The van der Waals surface area contributed by atoms with Crippen LogP contribution in [0.1, 0.15) is 15.2 Å². The van der Waals surface area contributed by atoms with Crippen molar-refractivity contribution in [3.8, 4) is 0 Å². The number of piperazine rings is 1. The summed E-state index contributed by atoms with van der Waals surface area (Å²) >= 11 is 6.65. The molecule has 0 radical (unpaired) electrons. The third-order valence-corrected chi connectivity index (χ3v) is 5.77. The SMILES string of the molecule is O=C(c1ccc(Br)s1)N1CCN(Cc2ccsc2)CC1. The monoisotopic (exact) mass is 370 g/mol. The second-order valence-corrected chi connectivity index (χ2v) is 8.05. The number of amides is 1. The molecule has 6 heteroatoms. The fourth-order valence-electron chi connectivity index (χ4n) is 2.33. The maximum absolute atomic E-state index is 12.3. The van der Waals surface area contributed by atoms with Crippen LogP contribution in [0, 0.1) is 0 Å². The van der Waals surface area contributed by atoms with E-state index < -0.39 is 0 Å². The van der Waals surface area contributed by atoms with Crippen molar-refractivity contribution in [2.24, 2.45) is 0 Å². The van der Waals surface area contributed by atoms with Crippen LogP contribution in [0.15, 0.2) is 32.7 Å². The second kappa shape index (κ2) is 6.39. The summed E-state index contributed by atoms with van der Waals surface area (Å²) in [7, 11) is 0. The summed E-state index contributed by atoms with van der Waals surface area (Å²) in [6.45, 7) is 4.54. The van der Waals surface area contributed by atoms with Gasteiger partial charge in [0, 0.05) is 32.7 Å². The van der Waals surface area contributed by atoms with Crippen LogP contribution in [0.25, 0.3) is 0 Å². The molecule has 1 amide bonds. The fraction of sp³-hybridized carbons (Fsp3) is 0.357. The average Bonchev–Trinajstić information content (AvgIpc) is 3.10. The molecular formula is C14H15BrN2OS2. The van der Waals surface area contributed by atoms with Gasteiger partial charge in [0.25, 0.3) is 5.91 Å². The Labute approximate surface area is 135 Å². The largest absolute Gasteiger partial charge is 0.335 e. The molecule has 106 valence electrons. The molecule has 1 aliphatic rings. The van der Waals surface area contributed by atoms with Gasteiger partial charge in [-0.25, -0.2) is 0 Å². The normalized spacial score (nSPS) is 16.6. The van der Waals surface area contributed by atoms with Gasteiger partial charge in [-0.15, -0.1) is 11.3 Å². The van der Waals surface area contributed by atoms with Gasteiger partial charge in [-0.2, -0.15) is 11.3 Å². The van der Waals surface area contributed by atoms with Crippen LogP contribution < -0.4 is 0 Å². The van der Waals surface area contributed by atoms with Gasteiger partial charge in [0.1, 0.15) is 0 Å². The molecule has 0 aliphatic carbocycles. The lowest BCUT2D eigenvalue weighted by Crippen LogP contribution is -2.48. The molecule has 1 fully saturated rings. The van der Waals surface area contributed by atoms with Crippen LogP contribution >= 0.6 is 38.6 Å². The van der Waals surface area contributed by atoms with Crippen molar-refractivity contribution in [2.75, 3.05) is 26.2 Å². The van der Waals surface area contributed by atoms with Crippen molar-refractivity contribution < 1.29 is 4.79 Å². The lowest BCUT2D eigenvalue weighted by molar-refractivity contribution is 0.0633. The highest BCUT2D eigenvalue weighted by atomic mass is 79.9. The van der Waals surface area contributed by atoms with Crippen molar-refractivity contribution in [1.29, 1.82) is 0 Å². The minimum atomic E-state index is 0.163. The van der Waals surface area contributed by atoms with Crippen LogP contribution in [0.3, 0.4) is 0 Å². The number of halogens is 1. The first kappa shape index (κ1) is 14.3.